The maximum absolute atomic E-state index is 14.3. The Kier molecular flexibility index (Phi) is 4.19. The van der Waals surface area contributed by atoms with Crippen molar-refractivity contribution in [2.75, 3.05) is 0 Å². The molecule has 6 aromatic rings. The topological polar surface area (TPSA) is 25.8 Å². The van der Waals surface area contributed by atoms with Gasteiger partial charge < -0.3 is 0 Å². The van der Waals surface area contributed by atoms with Crippen LogP contribution in [0.15, 0.2) is 85.1 Å². The van der Waals surface area contributed by atoms with Crippen LogP contribution in [0.2, 0.25) is 0 Å². The number of para-hydroxylation sites is 1. The van der Waals surface area contributed by atoms with Gasteiger partial charge in [-0.05, 0) is 46.3 Å². The summed E-state index contributed by atoms with van der Waals surface area (Å²) < 4.78 is 14.3. The number of aromatic nitrogens is 2. The molecule has 32 heavy (non-hydrogen) atoms. The largest absolute Gasteiger partial charge is 0.256 e. The number of halogens is 1. The fourth-order valence-electron chi connectivity index (χ4n) is 4.78. The molecular weight excluding hydrogens is 395 g/mol. The molecule has 0 saturated carbocycles. The van der Waals surface area contributed by atoms with Crippen molar-refractivity contribution in [1.82, 2.24) is 9.97 Å². The smallest absolute Gasteiger partial charge is 0.131 e. The highest BCUT2D eigenvalue weighted by Crippen LogP contribution is 2.36. The van der Waals surface area contributed by atoms with Crippen LogP contribution in [0.5, 0.6) is 0 Å². The molecule has 4 aromatic carbocycles. The number of nitrogens with zero attached hydrogens (tertiary/aromatic N) is 2. The molecule has 154 valence electrons. The van der Waals surface area contributed by atoms with Crippen LogP contribution in [0.4, 0.5) is 4.39 Å². The van der Waals surface area contributed by atoms with Gasteiger partial charge in [0.15, 0.2) is 0 Å². The highest BCUT2D eigenvalue weighted by atomic mass is 19.1. The van der Waals surface area contributed by atoms with Crippen LogP contribution in [0, 0.1) is 5.82 Å². The van der Waals surface area contributed by atoms with Gasteiger partial charge in [0, 0.05) is 33.3 Å². The van der Waals surface area contributed by atoms with Crippen molar-refractivity contribution in [3.05, 3.63) is 96.6 Å². The second-order valence-electron chi connectivity index (χ2n) is 8.58. The van der Waals surface area contributed by atoms with E-state index in [2.05, 4.69) is 50.2 Å². The summed E-state index contributed by atoms with van der Waals surface area (Å²) in [6.07, 6.45) is 1.81. The molecule has 0 atom stereocenters. The zero-order chi connectivity index (χ0) is 21.8. The Morgan fingerprint density at radius 1 is 0.656 bits per heavy atom. The summed E-state index contributed by atoms with van der Waals surface area (Å²) in [7, 11) is 0. The molecular formula is C29H21FN2. The van der Waals surface area contributed by atoms with Crippen molar-refractivity contribution >= 4 is 43.2 Å². The van der Waals surface area contributed by atoms with Gasteiger partial charge in [0.1, 0.15) is 5.82 Å². The molecule has 0 saturated heterocycles. The van der Waals surface area contributed by atoms with E-state index in [-0.39, 0.29) is 5.82 Å². The Balaban J connectivity index is 1.67. The Morgan fingerprint density at radius 3 is 2.25 bits per heavy atom. The molecule has 0 fully saturated rings. The van der Waals surface area contributed by atoms with Gasteiger partial charge in [-0.25, -0.2) is 4.39 Å². The Hall–Kier alpha value is -3.85. The Labute approximate surface area is 185 Å². The molecule has 0 bridgehead atoms. The summed E-state index contributed by atoms with van der Waals surface area (Å²) in [5.41, 5.74) is 4.05. The van der Waals surface area contributed by atoms with Gasteiger partial charge in [0.05, 0.1) is 16.9 Å². The van der Waals surface area contributed by atoms with Crippen molar-refractivity contribution in [3.63, 3.8) is 0 Å². The number of hydrogen-bond donors (Lipinski definition) is 0. The van der Waals surface area contributed by atoms with Gasteiger partial charge >= 0.3 is 0 Å². The van der Waals surface area contributed by atoms with Crippen molar-refractivity contribution in [2.24, 2.45) is 0 Å². The van der Waals surface area contributed by atoms with E-state index < -0.39 is 0 Å². The van der Waals surface area contributed by atoms with E-state index in [1.165, 1.54) is 11.5 Å². The maximum Gasteiger partial charge on any atom is 0.131 e. The average Bonchev–Trinajstić information content (AvgIpc) is 2.82. The third-order valence-corrected chi connectivity index (χ3v) is 6.30. The molecule has 0 aliphatic rings. The standard InChI is InChI=1S/C29H21FN2/c1-17(2)28-25-16-18(10-11-20(25)23-6-3-4-9-27(23)32-28)29-24-13-12-22-19(7-5-8-26(22)30)21(24)14-15-31-29/h3-17H,1-2H3. The van der Waals surface area contributed by atoms with E-state index in [1.807, 2.05) is 36.5 Å². The summed E-state index contributed by atoms with van der Waals surface area (Å²) in [5.74, 6) is 0.0951. The maximum atomic E-state index is 14.3. The van der Waals surface area contributed by atoms with Crippen LogP contribution in [-0.2, 0) is 0 Å². The van der Waals surface area contributed by atoms with E-state index in [0.717, 1.165) is 49.4 Å². The number of rotatable bonds is 2. The van der Waals surface area contributed by atoms with E-state index in [9.17, 15) is 4.39 Å². The van der Waals surface area contributed by atoms with E-state index in [1.54, 1.807) is 6.07 Å². The average molecular weight is 416 g/mol. The third kappa shape index (κ3) is 2.78. The summed E-state index contributed by atoms with van der Waals surface area (Å²) in [5, 5.41) is 7.08. The molecule has 2 aromatic heterocycles. The Morgan fingerprint density at radius 2 is 1.38 bits per heavy atom. The molecule has 3 heteroatoms. The van der Waals surface area contributed by atoms with Crippen LogP contribution >= 0.6 is 0 Å². The van der Waals surface area contributed by atoms with E-state index >= 15 is 0 Å². The second kappa shape index (κ2) is 7.10. The molecule has 0 amide bonds. The van der Waals surface area contributed by atoms with Crippen molar-refractivity contribution in [2.45, 2.75) is 19.8 Å². The molecule has 0 N–H and O–H groups in total. The predicted molar refractivity (Wildman–Crippen MR) is 132 cm³/mol. The van der Waals surface area contributed by atoms with E-state index in [0.29, 0.717) is 11.3 Å². The molecule has 2 nitrogen and oxygen atoms in total. The lowest BCUT2D eigenvalue weighted by Crippen LogP contribution is -1.97. The molecule has 0 unspecified atom stereocenters. The minimum Gasteiger partial charge on any atom is -0.256 e. The first-order chi connectivity index (χ1) is 15.6. The van der Waals surface area contributed by atoms with Crippen molar-refractivity contribution < 1.29 is 4.39 Å². The molecule has 0 spiro atoms. The molecule has 2 heterocycles. The van der Waals surface area contributed by atoms with Crippen LogP contribution in [0.3, 0.4) is 0 Å². The lowest BCUT2D eigenvalue weighted by Gasteiger charge is -2.14. The van der Waals surface area contributed by atoms with Gasteiger partial charge in [-0.1, -0.05) is 68.4 Å². The number of fused-ring (bicyclic) bond motifs is 6. The monoisotopic (exact) mass is 416 g/mol. The van der Waals surface area contributed by atoms with Crippen LogP contribution in [0.25, 0.3) is 54.5 Å². The van der Waals surface area contributed by atoms with Crippen molar-refractivity contribution in [3.8, 4) is 11.3 Å². The summed E-state index contributed by atoms with van der Waals surface area (Å²) >= 11 is 0. The van der Waals surface area contributed by atoms with Gasteiger partial charge in [0.2, 0.25) is 0 Å². The minimum absolute atomic E-state index is 0.201. The fraction of sp³-hybridized carbons (Fsp3) is 0.103. The predicted octanol–water partition coefficient (Wildman–Crippen LogP) is 8.02. The summed E-state index contributed by atoms with van der Waals surface area (Å²) in [4.78, 5) is 9.72. The van der Waals surface area contributed by atoms with Gasteiger partial charge in [-0.3, -0.25) is 9.97 Å². The van der Waals surface area contributed by atoms with Crippen LogP contribution in [0.1, 0.15) is 25.5 Å². The highest BCUT2D eigenvalue weighted by molar-refractivity contribution is 6.13. The third-order valence-electron chi connectivity index (χ3n) is 6.30. The molecule has 6 rings (SSSR count). The Bertz CT molecular complexity index is 1670. The molecule has 0 aliphatic heterocycles. The summed E-state index contributed by atoms with van der Waals surface area (Å²) in [6.45, 7) is 4.36. The lowest BCUT2D eigenvalue weighted by molar-refractivity contribution is 0.640. The number of pyridine rings is 2. The van der Waals surface area contributed by atoms with Gasteiger partial charge in [-0.15, -0.1) is 0 Å². The minimum atomic E-state index is -0.201. The van der Waals surface area contributed by atoms with Gasteiger partial charge in [0.25, 0.3) is 0 Å². The van der Waals surface area contributed by atoms with E-state index in [4.69, 9.17) is 9.97 Å². The van der Waals surface area contributed by atoms with Gasteiger partial charge in [-0.2, -0.15) is 0 Å². The SMILES string of the molecule is CC(C)c1nc2ccccc2c2ccc(-c3nccc4c3ccc3c(F)cccc34)cc12. The highest BCUT2D eigenvalue weighted by Gasteiger charge is 2.15. The quantitative estimate of drug-likeness (QED) is 0.267. The first kappa shape index (κ1) is 18.9. The number of hydrogen-bond acceptors (Lipinski definition) is 2. The zero-order valence-corrected chi connectivity index (χ0v) is 17.9. The first-order valence-corrected chi connectivity index (χ1v) is 10.9. The number of benzene rings is 4. The molecule has 0 aliphatic carbocycles. The summed E-state index contributed by atoms with van der Waals surface area (Å²) in [6, 6.07) is 25.9. The normalized spacial score (nSPS) is 11.9. The van der Waals surface area contributed by atoms with Crippen LogP contribution < -0.4 is 0 Å². The first-order valence-electron chi connectivity index (χ1n) is 10.9. The second-order valence-corrected chi connectivity index (χ2v) is 8.58. The molecule has 0 radical (unpaired) electrons. The van der Waals surface area contributed by atoms with Crippen LogP contribution in [-0.4, -0.2) is 9.97 Å². The fourth-order valence-corrected chi connectivity index (χ4v) is 4.78. The zero-order valence-electron chi connectivity index (χ0n) is 17.9. The lowest BCUT2D eigenvalue weighted by atomic mass is 9.94. The van der Waals surface area contributed by atoms with Crippen molar-refractivity contribution in [1.29, 1.82) is 0 Å².